The van der Waals surface area contributed by atoms with Crippen LogP contribution in [0.15, 0.2) is 102 Å². The van der Waals surface area contributed by atoms with Gasteiger partial charge in [0.05, 0.1) is 16.6 Å². The van der Waals surface area contributed by atoms with Crippen LogP contribution >= 0.6 is 0 Å². The number of para-hydroxylation sites is 1. The molecule has 0 aliphatic rings. The molecule has 5 aromatic heterocycles. The van der Waals surface area contributed by atoms with Crippen molar-refractivity contribution < 1.29 is 4.42 Å². The molecule has 5 heteroatoms. The van der Waals surface area contributed by atoms with Gasteiger partial charge >= 0.3 is 0 Å². The predicted octanol–water partition coefficient (Wildman–Crippen LogP) is 6.54. The van der Waals surface area contributed by atoms with Gasteiger partial charge in [0.25, 0.3) is 0 Å². The molecule has 150 valence electrons. The highest BCUT2D eigenvalue weighted by Gasteiger charge is 2.17. The van der Waals surface area contributed by atoms with Crippen LogP contribution in [-0.4, -0.2) is 19.5 Å². The molecule has 0 unspecified atom stereocenters. The van der Waals surface area contributed by atoms with Crippen LogP contribution in [0, 0.1) is 0 Å². The van der Waals surface area contributed by atoms with Gasteiger partial charge in [0.1, 0.15) is 11.1 Å². The van der Waals surface area contributed by atoms with Crippen molar-refractivity contribution in [3.8, 4) is 16.8 Å². The van der Waals surface area contributed by atoms with Crippen molar-refractivity contribution in [2.24, 2.45) is 0 Å². The van der Waals surface area contributed by atoms with Gasteiger partial charge in [0, 0.05) is 52.4 Å². The highest BCUT2D eigenvalue weighted by atomic mass is 16.3. The van der Waals surface area contributed by atoms with Crippen LogP contribution in [0.5, 0.6) is 0 Å². The first-order valence-electron chi connectivity index (χ1n) is 10.4. The molecule has 0 saturated heterocycles. The Morgan fingerprint density at radius 2 is 1.56 bits per heavy atom. The third-order valence-corrected chi connectivity index (χ3v) is 5.99. The average Bonchev–Trinajstić information content (AvgIpc) is 3.40. The Bertz CT molecular complexity index is 1730. The van der Waals surface area contributed by atoms with Crippen molar-refractivity contribution in [1.29, 1.82) is 0 Å². The molecule has 5 heterocycles. The molecule has 0 radical (unpaired) electrons. The summed E-state index contributed by atoms with van der Waals surface area (Å²) in [6.07, 6.45) is 7.29. The van der Waals surface area contributed by atoms with Crippen LogP contribution in [0.2, 0.25) is 0 Å². The highest BCUT2D eigenvalue weighted by Crippen LogP contribution is 2.37. The molecule has 0 atom stereocenters. The van der Waals surface area contributed by atoms with Crippen molar-refractivity contribution in [1.82, 2.24) is 19.5 Å². The number of fused-ring (bicyclic) bond motifs is 6. The molecular formula is C27H16N4O. The largest absolute Gasteiger partial charge is 0.454 e. The summed E-state index contributed by atoms with van der Waals surface area (Å²) < 4.78 is 8.52. The van der Waals surface area contributed by atoms with Crippen LogP contribution in [0.1, 0.15) is 0 Å². The van der Waals surface area contributed by atoms with Gasteiger partial charge in [-0.1, -0.05) is 24.3 Å². The zero-order valence-electron chi connectivity index (χ0n) is 16.9. The van der Waals surface area contributed by atoms with E-state index in [9.17, 15) is 0 Å². The second-order valence-corrected chi connectivity index (χ2v) is 7.78. The Morgan fingerprint density at radius 1 is 0.688 bits per heavy atom. The average molecular weight is 412 g/mol. The molecule has 0 aliphatic heterocycles. The fourth-order valence-corrected chi connectivity index (χ4v) is 4.60. The molecule has 0 fully saturated rings. The quantitative estimate of drug-likeness (QED) is 0.324. The first-order chi connectivity index (χ1) is 15.9. The summed E-state index contributed by atoms with van der Waals surface area (Å²) in [6.45, 7) is 0. The number of rotatable bonds is 2. The molecule has 5 nitrogen and oxygen atoms in total. The normalized spacial score (nSPS) is 11.8. The standard InChI is InChI=1S/C27H16N4O/c1-2-7-22-20(6-1)25-23(8-4-13-29-25)31(22)18-9-10-24-21(15-18)26-27(32-24)19(11-14-30-26)17-5-3-12-28-16-17/h1-16H. The molecule has 0 spiro atoms. The van der Waals surface area contributed by atoms with Crippen molar-refractivity contribution in [3.05, 3.63) is 97.6 Å². The van der Waals surface area contributed by atoms with E-state index in [0.29, 0.717) is 0 Å². The SMILES string of the molecule is c1cncc(-c2ccnc3c2oc2ccc(-n4c5ccccc5c5ncccc54)cc23)c1. The molecular weight excluding hydrogens is 396 g/mol. The van der Waals surface area contributed by atoms with Crippen LogP contribution < -0.4 is 0 Å². The summed E-state index contributed by atoms with van der Waals surface area (Å²) in [5, 5.41) is 2.12. The lowest BCUT2D eigenvalue weighted by atomic mass is 10.1. The van der Waals surface area contributed by atoms with Crippen LogP contribution in [0.4, 0.5) is 0 Å². The van der Waals surface area contributed by atoms with Crippen molar-refractivity contribution in [3.63, 3.8) is 0 Å². The van der Waals surface area contributed by atoms with E-state index in [0.717, 1.165) is 60.8 Å². The minimum Gasteiger partial charge on any atom is -0.454 e. The third kappa shape index (κ3) is 2.36. The maximum absolute atomic E-state index is 6.27. The summed E-state index contributed by atoms with van der Waals surface area (Å²) in [7, 11) is 0. The molecule has 7 aromatic rings. The molecule has 0 bridgehead atoms. The molecule has 7 rings (SSSR count). The molecule has 0 saturated carbocycles. The fraction of sp³-hybridized carbons (Fsp3) is 0. The maximum atomic E-state index is 6.27. The number of nitrogens with zero attached hydrogens (tertiary/aromatic N) is 4. The first kappa shape index (κ1) is 17.2. The second-order valence-electron chi connectivity index (χ2n) is 7.78. The lowest BCUT2D eigenvalue weighted by Crippen LogP contribution is -1.93. The number of hydrogen-bond donors (Lipinski definition) is 0. The monoisotopic (exact) mass is 412 g/mol. The Balaban J connectivity index is 1.53. The Kier molecular flexibility index (Phi) is 3.49. The zero-order chi connectivity index (χ0) is 21.1. The molecule has 0 amide bonds. The lowest BCUT2D eigenvalue weighted by molar-refractivity contribution is 0.669. The first-order valence-corrected chi connectivity index (χ1v) is 10.4. The van der Waals surface area contributed by atoms with E-state index in [4.69, 9.17) is 4.42 Å². The van der Waals surface area contributed by atoms with Crippen LogP contribution in [0.3, 0.4) is 0 Å². The van der Waals surface area contributed by atoms with Crippen molar-refractivity contribution >= 4 is 44.0 Å². The van der Waals surface area contributed by atoms with E-state index in [1.54, 1.807) is 6.20 Å². The summed E-state index contributed by atoms with van der Waals surface area (Å²) in [5.41, 5.74) is 8.67. The Morgan fingerprint density at radius 3 is 2.50 bits per heavy atom. The third-order valence-electron chi connectivity index (χ3n) is 5.99. The Hall–Kier alpha value is -4.51. The Labute approximate surface area is 182 Å². The van der Waals surface area contributed by atoms with E-state index in [1.165, 1.54) is 0 Å². The van der Waals surface area contributed by atoms with Gasteiger partial charge in [-0.15, -0.1) is 0 Å². The molecule has 2 aromatic carbocycles. The summed E-state index contributed by atoms with van der Waals surface area (Å²) in [5.74, 6) is 0. The lowest BCUT2D eigenvalue weighted by Gasteiger charge is -2.07. The van der Waals surface area contributed by atoms with Gasteiger partial charge in [0.2, 0.25) is 0 Å². The van der Waals surface area contributed by atoms with Gasteiger partial charge in [-0.3, -0.25) is 15.0 Å². The fourth-order valence-electron chi connectivity index (χ4n) is 4.60. The number of hydrogen-bond acceptors (Lipinski definition) is 4. The highest BCUT2D eigenvalue weighted by molar-refractivity contribution is 6.09. The molecule has 0 N–H and O–H groups in total. The summed E-state index contributed by atoms with van der Waals surface area (Å²) in [4.78, 5) is 13.6. The van der Waals surface area contributed by atoms with E-state index in [-0.39, 0.29) is 0 Å². The maximum Gasteiger partial charge on any atom is 0.161 e. The van der Waals surface area contributed by atoms with Gasteiger partial charge in [0.15, 0.2) is 5.58 Å². The van der Waals surface area contributed by atoms with Gasteiger partial charge in [-0.2, -0.15) is 0 Å². The number of aromatic nitrogens is 4. The van der Waals surface area contributed by atoms with E-state index >= 15 is 0 Å². The number of furan rings is 1. The van der Waals surface area contributed by atoms with Crippen LogP contribution in [-0.2, 0) is 0 Å². The number of pyridine rings is 3. The van der Waals surface area contributed by atoms with E-state index in [1.807, 2.05) is 48.9 Å². The minimum atomic E-state index is 0.775. The minimum absolute atomic E-state index is 0.775. The summed E-state index contributed by atoms with van der Waals surface area (Å²) >= 11 is 0. The van der Waals surface area contributed by atoms with Crippen molar-refractivity contribution in [2.75, 3.05) is 0 Å². The van der Waals surface area contributed by atoms with Crippen LogP contribution in [0.25, 0.3) is 60.8 Å². The predicted molar refractivity (Wildman–Crippen MR) is 127 cm³/mol. The zero-order valence-corrected chi connectivity index (χ0v) is 16.9. The summed E-state index contributed by atoms with van der Waals surface area (Å²) in [6, 6.07) is 24.7. The van der Waals surface area contributed by atoms with E-state index < -0.39 is 0 Å². The topological polar surface area (TPSA) is 56.7 Å². The molecule has 0 aliphatic carbocycles. The smallest absolute Gasteiger partial charge is 0.161 e. The van der Waals surface area contributed by atoms with Gasteiger partial charge < -0.3 is 8.98 Å². The van der Waals surface area contributed by atoms with E-state index in [2.05, 4.69) is 62.0 Å². The second kappa shape index (κ2) is 6.49. The van der Waals surface area contributed by atoms with Gasteiger partial charge in [-0.25, -0.2) is 0 Å². The van der Waals surface area contributed by atoms with Crippen molar-refractivity contribution in [2.45, 2.75) is 0 Å². The number of benzene rings is 2. The molecule has 32 heavy (non-hydrogen) atoms. The van der Waals surface area contributed by atoms with Gasteiger partial charge in [-0.05, 0) is 48.5 Å².